The van der Waals surface area contributed by atoms with Gasteiger partial charge in [0.25, 0.3) is 11.8 Å². The molecular weight excluding hydrogens is 353 g/mol. The first-order valence-corrected chi connectivity index (χ1v) is 8.91. The molecule has 0 saturated carbocycles. The maximum Gasteiger partial charge on any atom is 0.273 e. The molecule has 1 N–H and O–H groups in total. The molecule has 2 unspecified atom stereocenters. The van der Waals surface area contributed by atoms with Crippen molar-refractivity contribution >= 4 is 11.8 Å². The van der Waals surface area contributed by atoms with Crippen LogP contribution in [-0.2, 0) is 13.6 Å². The van der Waals surface area contributed by atoms with Crippen LogP contribution in [0.1, 0.15) is 46.8 Å². The molecule has 9 nitrogen and oxygen atoms in total. The minimum Gasteiger partial charge on any atom is -0.348 e. The number of carbonyl (C=O) groups excluding carboxylic acids is 2. The number of halogens is 1. The molecule has 1 fully saturated rings. The summed E-state index contributed by atoms with van der Waals surface area (Å²) in [5.41, 5.74) is 1.27. The molecule has 1 aliphatic heterocycles. The molecule has 0 bridgehead atoms. The van der Waals surface area contributed by atoms with Crippen LogP contribution in [0.5, 0.6) is 0 Å². The Kier molecular flexibility index (Phi) is 5.24. The van der Waals surface area contributed by atoms with Crippen LogP contribution in [0.3, 0.4) is 0 Å². The average molecular weight is 377 g/mol. The molecule has 2 aromatic rings. The summed E-state index contributed by atoms with van der Waals surface area (Å²) in [5.74, 6) is -0.561. The fraction of sp³-hybridized carbons (Fsp3) is 0.588. The maximum absolute atomic E-state index is 14.1. The van der Waals surface area contributed by atoms with E-state index in [1.165, 1.54) is 15.8 Å². The molecule has 3 rings (SSSR count). The number of amides is 2. The van der Waals surface area contributed by atoms with E-state index in [-0.39, 0.29) is 49.1 Å². The summed E-state index contributed by atoms with van der Waals surface area (Å²) in [6.07, 6.45) is 2.28. The monoisotopic (exact) mass is 377 g/mol. The first-order chi connectivity index (χ1) is 12.7. The predicted octanol–water partition coefficient (Wildman–Crippen LogP) is 0.711. The fourth-order valence-electron chi connectivity index (χ4n) is 3.29. The summed E-state index contributed by atoms with van der Waals surface area (Å²) in [6.45, 7) is 5.77. The van der Waals surface area contributed by atoms with Crippen molar-refractivity contribution in [1.82, 2.24) is 35.0 Å². The topological polar surface area (TPSA) is 97.9 Å². The molecule has 2 amide bonds. The first kappa shape index (κ1) is 19.0. The highest BCUT2D eigenvalue weighted by atomic mass is 19.1. The number of nitrogens with one attached hydrogen (secondary N) is 1. The molecule has 2 aromatic heterocycles. The quantitative estimate of drug-likeness (QED) is 0.828. The summed E-state index contributed by atoms with van der Waals surface area (Å²) < 4.78 is 17.1. The molecule has 1 aliphatic rings. The number of likely N-dealkylation sites (tertiary alicyclic amines) is 1. The van der Waals surface area contributed by atoms with E-state index in [0.29, 0.717) is 11.3 Å². The Labute approximate surface area is 156 Å². The Bertz CT molecular complexity index is 844. The lowest BCUT2D eigenvalue weighted by molar-refractivity contribution is 0.0713. The summed E-state index contributed by atoms with van der Waals surface area (Å²) in [7, 11) is 1.74. The third-order valence-electron chi connectivity index (χ3n) is 4.46. The Balaban J connectivity index is 1.73. The van der Waals surface area contributed by atoms with Gasteiger partial charge in [0.15, 0.2) is 5.69 Å². The molecule has 10 heteroatoms. The van der Waals surface area contributed by atoms with E-state index in [1.807, 2.05) is 13.8 Å². The minimum absolute atomic E-state index is 0.0133. The fourth-order valence-corrected chi connectivity index (χ4v) is 3.29. The highest BCUT2D eigenvalue weighted by molar-refractivity contribution is 5.95. The van der Waals surface area contributed by atoms with E-state index >= 15 is 0 Å². The summed E-state index contributed by atoms with van der Waals surface area (Å²) >= 11 is 0. The van der Waals surface area contributed by atoms with Gasteiger partial charge in [0.2, 0.25) is 0 Å². The van der Waals surface area contributed by atoms with E-state index in [0.717, 1.165) is 0 Å². The molecule has 27 heavy (non-hydrogen) atoms. The van der Waals surface area contributed by atoms with Crippen molar-refractivity contribution in [3.05, 3.63) is 29.3 Å². The van der Waals surface area contributed by atoms with Gasteiger partial charge in [-0.05, 0) is 20.8 Å². The number of hydrogen-bond acceptors (Lipinski definition) is 5. The van der Waals surface area contributed by atoms with Gasteiger partial charge in [-0.15, -0.1) is 5.10 Å². The van der Waals surface area contributed by atoms with Crippen LogP contribution >= 0.6 is 0 Å². The number of carbonyl (C=O) groups is 2. The normalized spacial score (nSPS) is 19.7. The predicted molar refractivity (Wildman–Crippen MR) is 94.9 cm³/mol. The van der Waals surface area contributed by atoms with E-state index in [1.54, 1.807) is 24.9 Å². The highest BCUT2D eigenvalue weighted by Gasteiger charge is 2.37. The Hall–Kier alpha value is -2.78. The molecule has 0 aliphatic carbocycles. The van der Waals surface area contributed by atoms with Gasteiger partial charge >= 0.3 is 0 Å². The number of aryl methyl sites for hydroxylation is 2. The summed E-state index contributed by atoms with van der Waals surface area (Å²) in [5, 5.41) is 14.7. The SMILES string of the molecule is Cc1nn(C)cc1C(=O)N1CC(F)CC1Cn1cc(C(=O)NC(C)C)nn1. The van der Waals surface area contributed by atoms with Crippen molar-refractivity contribution in [2.24, 2.45) is 7.05 Å². The van der Waals surface area contributed by atoms with E-state index in [4.69, 9.17) is 0 Å². The van der Waals surface area contributed by atoms with Crippen molar-refractivity contribution in [1.29, 1.82) is 0 Å². The largest absolute Gasteiger partial charge is 0.348 e. The molecule has 0 aromatic carbocycles. The summed E-state index contributed by atoms with van der Waals surface area (Å²) in [4.78, 5) is 26.4. The van der Waals surface area contributed by atoms with Gasteiger partial charge in [0, 0.05) is 25.7 Å². The third kappa shape index (κ3) is 4.15. The summed E-state index contributed by atoms with van der Waals surface area (Å²) in [6, 6.07) is -0.379. The van der Waals surface area contributed by atoms with Crippen LogP contribution in [0.2, 0.25) is 0 Å². The van der Waals surface area contributed by atoms with E-state index in [9.17, 15) is 14.0 Å². The van der Waals surface area contributed by atoms with Crippen LogP contribution in [0.4, 0.5) is 4.39 Å². The average Bonchev–Trinajstić information content (AvgIpc) is 3.26. The second-order valence-corrected chi connectivity index (χ2v) is 7.20. The van der Waals surface area contributed by atoms with Crippen LogP contribution in [0.15, 0.2) is 12.4 Å². The maximum atomic E-state index is 14.1. The zero-order valence-electron chi connectivity index (χ0n) is 15.9. The highest BCUT2D eigenvalue weighted by Crippen LogP contribution is 2.24. The van der Waals surface area contributed by atoms with E-state index < -0.39 is 6.17 Å². The minimum atomic E-state index is -1.09. The van der Waals surface area contributed by atoms with Crippen LogP contribution in [0.25, 0.3) is 0 Å². The second-order valence-electron chi connectivity index (χ2n) is 7.20. The van der Waals surface area contributed by atoms with Gasteiger partial charge in [-0.25, -0.2) is 9.07 Å². The van der Waals surface area contributed by atoms with Crippen LogP contribution in [-0.4, -0.2) is 66.3 Å². The van der Waals surface area contributed by atoms with Crippen molar-refractivity contribution in [3.63, 3.8) is 0 Å². The number of alkyl halides is 1. The van der Waals surface area contributed by atoms with Crippen molar-refractivity contribution in [2.75, 3.05) is 6.54 Å². The van der Waals surface area contributed by atoms with Crippen molar-refractivity contribution in [2.45, 2.75) is 52.0 Å². The second kappa shape index (κ2) is 7.45. The van der Waals surface area contributed by atoms with Crippen LogP contribution < -0.4 is 5.32 Å². The number of nitrogens with zero attached hydrogens (tertiary/aromatic N) is 6. The molecule has 2 atom stereocenters. The Morgan fingerprint density at radius 3 is 2.74 bits per heavy atom. The molecule has 146 valence electrons. The van der Waals surface area contributed by atoms with Gasteiger partial charge in [0.05, 0.1) is 36.6 Å². The van der Waals surface area contributed by atoms with Crippen molar-refractivity contribution in [3.8, 4) is 0 Å². The van der Waals surface area contributed by atoms with Gasteiger partial charge < -0.3 is 10.2 Å². The molecule has 0 spiro atoms. The lowest BCUT2D eigenvalue weighted by Crippen LogP contribution is -2.38. The molecule has 0 radical (unpaired) electrons. The molecule has 1 saturated heterocycles. The van der Waals surface area contributed by atoms with E-state index in [2.05, 4.69) is 20.7 Å². The van der Waals surface area contributed by atoms with Gasteiger partial charge in [0.1, 0.15) is 6.17 Å². The van der Waals surface area contributed by atoms with Gasteiger partial charge in [-0.2, -0.15) is 5.10 Å². The number of rotatable bonds is 5. The van der Waals surface area contributed by atoms with Crippen LogP contribution in [0, 0.1) is 6.92 Å². The van der Waals surface area contributed by atoms with Gasteiger partial charge in [-0.1, -0.05) is 5.21 Å². The lowest BCUT2D eigenvalue weighted by atomic mass is 10.2. The molecular formula is C17H24FN7O2. The zero-order valence-corrected chi connectivity index (χ0v) is 15.9. The number of aromatic nitrogens is 5. The smallest absolute Gasteiger partial charge is 0.273 e. The Morgan fingerprint density at radius 2 is 2.11 bits per heavy atom. The standard InChI is InChI=1S/C17H24FN7O2/c1-10(2)19-16(26)15-9-24(22-20-15)7-13-5-12(18)6-25(13)17(27)14-8-23(4)21-11(14)3/h8-10,12-13H,5-7H2,1-4H3,(H,19,26). The lowest BCUT2D eigenvalue weighted by Gasteiger charge is -2.23. The third-order valence-corrected chi connectivity index (χ3v) is 4.46. The number of hydrogen-bond donors (Lipinski definition) is 1. The first-order valence-electron chi connectivity index (χ1n) is 8.91. The van der Waals surface area contributed by atoms with Gasteiger partial charge in [-0.3, -0.25) is 14.3 Å². The Morgan fingerprint density at radius 1 is 1.37 bits per heavy atom. The molecule has 3 heterocycles. The van der Waals surface area contributed by atoms with Crippen molar-refractivity contribution < 1.29 is 14.0 Å². The zero-order chi connectivity index (χ0) is 19.7.